The molecule has 0 aliphatic rings. The van der Waals surface area contributed by atoms with Crippen molar-refractivity contribution in [2.75, 3.05) is 6.61 Å². The number of benzene rings is 2. The van der Waals surface area contributed by atoms with E-state index in [1.807, 2.05) is 30.3 Å². The Morgan fingerprint density at radius 3 is 2.95 bits per heavy atom. The van der Waals surface area contributed by atoms with Gasteiger partial charge < -0.3 is 4.74 Å². The maximum absolute atomic E-state index is 11.9. The molecule has 1 heterocycles. The van der Waals surface area contributed by atoms with Crippen LogP contribution in [-0.4, -0.2) is 17.6 Å². The second kappa shape index (κ2) is 6.58. The second-order valence-corrected chi connectivity index (χ2v) is 6.88. The molecular formula is C17H12INO2S. The maximum atomic E-state index is 11.9. The first-order valence-electron chi connectivity index (χ1n) is 6.62. The monoisotopic (exact) mass is 421 g/mol. The zero-order valence-electron chi connectivity index (χ0n) is 11.6. The van der Waals surface area contributed by atoms with Gasteiger partial charge in [0.1, 0.15) is 11.6 Å². The summed E-state index contributed by atoms with van der Waals surface area (Å²) in [6.07, 6.45) is 1.55. The van der Waals surface area contributed by atoms with E-state index in [2.05, 4.69) is 40.2 Å². The normalized spacial score (nSPS) is 10.6. The van der Waals surface area contributed by atoms with Crippen molar-refractivity contribution in [1.82, 2.24) is 4.98 Å². The van der Waals surface area contributed by atoms with E-state index in [-0.39, 0.29) is 12.6 Å². The van der Waals surface area contributed by atoms with Crippen LogP contribution in [0.5, 0.6) is 0 Å². The molecule has 0 aliphatic carbocycles. The number of carbonyl (C=O) groups excluding carboxylic acids is 1. The molecule has 110 valence electrons. The van der Waals surface area contributed by atoms with Crippen molar-refractivity contribution in [2.45, 2.75) is 0 Å². The zero-order valence-corrected chi connectivity index (χ0v) is 14.6. The van der Waals surface area contributed by atoms with Gasteiger partial charge in [-0.25, -0.2) is 9.78 Å². The molecule has 0 unspecified atom stereocenters. The lowest BCUT2D eigenvalue weighted by Crippen LogP contribution is -2.04. The Balaban J connectivity index is 1.96. The number of rotatable bonds is 4. The Kier molecular flexibility index (Phi) is 4.54. The van der Waals surface area contributed by atoms with Crippen LogP contribution in [0.3, 0.4) is 0 Å². The molecule has 0 aliphatic heterocycles. The van der Waals surface area contributed by atoms with Crippen molar-refractivity contribution >= 4 is 50.1 Å². The molecule has 2 aromatic carbocycles. The summed E-state index contributed by atoms with van der Waals surface area (Å²) in [5, 5.41) is 0.949. The van der Waals surface area contributed by atoms with E-state index in [0.717, 1.165) is 20.8 Å². The van der Waals surface area contributed by atoms with Crippen LogP contribution in [0.1, 0.15) is 10.4 Å². The van der Waals surface area contributed by atoms with Crippen LogP contribution >= 0.6 is 33.9 Å². The lowest BCUT2D eigenvalue weighted by molar-refractivity contribution is 0.0550. The summed E-state index contributed by atoms with van der Waals surface area (Å²) in [4.78, 5) is 16.5. The maximum Gasteiger partial charge on any atom is 0.338 e. The van der Waals surface area contributed by atoms with Crippen LogP contribution in [-0.2, 0) is 4.74 Å². The van der Waals surface area contributed by atoms with E-state index < -0.39 is 0 Å². The fraction of sp³-hybridized carbons (Fsp3) is 0.0588. The van der Waals surface area contributed by atoms with E-state index in [4.69, 9.17) is 4.74 Å². The Morgan fingerprint density at radius 2 is 2.18 bits per heavy atom. The first-order valence-corrected chi connectivity index (χ1v) is 8.51. The Labute approximate surface area is 145 Å². The van der Waals surface area contributed by atoms with Crippen LogP contribution in [0.15, 0.2) is 55.1 Å². The smallest absolute Gasteiger partial charge is 0.338 e. The molecule has 1 aromatic heterocycles. The summed E-state index contributed by atoms with van der Waals surface area (Å²) in [6, 6.07) is 13.6. The Bertz CT molecular complexity index is 857. The number of hydrogen-bond donors (Lipinski definition) is 0. The largest absolute Gasteiger partial charge is 0.458 e. The van der Waals surface area contributed by atoms with Gasteiger partial charge in [-0.2, -0.15) is 0 Å². The minimum Gasteiger partial charge on any atom is -0.458 e. The van der Waals surface area contributed by atoms with Gasteiger partial charge in [0, 0.05) is 9.13 Å². The molecule has 0 spiro atoms. The Morgan fingerprint density at radius 1 is 1.32 bits per heavy atom. The molecule has 3 nitrogen and oxygen atoms in total. The average molecular weight is 421 g/mol. The molecule has 0 atom stereocenters. The van der Waals surface area contributed by atoms with Crippen LogP contribution in [0.4, 0.5) is 0 Å². The van der Waals surface area contributed by atoms with Gasteiger partial charge in [-0.15, -0.1) is 11.3 Å². The molecule has 0 saturated heterocycles. The van der Waals surface area contributed by atoms with Crippen molar-refractivity contribution < 1.29 is 9.53 Å². The fourth-order valence-electron chi connectivity index (χ4n) is 2.01. The van der Waals surface area contributed by atoms with Crippen LogP contribution in [0.2, 0.25) is 0 Å². The molecule has 3 rings (SSSR count). The standard InChI is InChI=1S/C17H12INO2S/c1-2-8-21-17(20)12-6-7-14-15(10-12)22-16(19-14)11-4-3-5-13(18)9-11/h2-7,9-10H,1,8H2. The predicted octanol–water partition coefficient (Wildman–Crippen LogP) is 4.91. The van der Waals surface area contributed by atoms with E-state index in [1.165, 1.54) is 3.57 Å². The minimum atomic E-state index is -0.342. The lowest BCUT2D eigenvalue weighted by atomic mass is 10.2. The third-order valence-corrected chi connectivity index (χ3v) is 4.77. The molecule has 5 heteroatoms. The van der Waals surface area contributed by atoms with Crippen LogP contribution in [0.25, 0.3) is 20.8 Å². The van der Waals surface area contributed by atoms with Crippen molar-refractivity contribution in [3.05, 3.63) is 64.3 Å². The van der Waals surface area contributed by atoms with Gasteiger partial charge >= 0.3 is 5.97 Å². The van der Waals surface area contributed by atoms with Crippen molar-refractivity contribution in [3.63, 3.8) is 0 Å². The molecule has 3 aromatic rings. The highest BCUT2D eigenvalue weighted by atomic mass is 127. The fourth-order valence-corrected chi connectivity index (χ4v) is 3.56. The van der Waals surface area contributed by atoms with Gasteiger partial charge in [-0.1, -0.05) is 24.8 Å². The van der Waals surface area contributed by atoms with Crippen LogP contribution < -0.4 is 0 Å². The summed E-state index contributed by atoms with van der Waals surface area (Å²) in [5.74, 6) is -0.342. The van der Waals surface area contributed by atoms with Gasteiger partial charge in [0.05, 0.1) is 15.8 Å². The van der Waals surface area contributed by atoms with Crippen LogP contribution in [0, 0.1) is 3.57 Å². The third kappa shape index (κ3) is 3.20. The van der Waals surface area contributed by atoms with Gasteiger partial charge in [0.15, 0.2) is 0 Å². The zero-order chi connectivity index (χ0) is 15.5. The second-order valence-electron chi connectivity index (χ2n) is 4.60. The molecule has 0 N–H and O–H groups in total. The number of fused-ring (bicyclic) bond motifs is 1. The molecule has 0 amide bonds. The topological polar surface area (TPSA) is 39.2 Å². The van der Waals surface area contributed by atoms with E-state index in [1.54, 1.807) is 23.5 Å². The Hall–Kier alpha value is -1.73. The first-order chi connectivity index (χ1) is 10.7. The van der Waals surface area contributed by atoms with Gasteiger partial charge in [-0.05, 0) is 52.9 Å². The quantitative estimate of drug-likeness (QED) is 0.342. The third-order valence-electron chi connectivity index (χ3n) is 3.03. The highest BCUT2D eigenvalue weighted by Gasteiger charge is 2.11. The highest BCUT2D eigenvalue weighted by Crippen LogP contribution is 2.31. The molecule has 0 bridgehead atoms. The number of nitrogens with zero attached hydrogens (tertiary/aromatic N) is 1. The van der Waals surface area contributed by atoms with Crippen molar-refractivity contribution in [1.29, 1.82) is 0 Å². The van der Waals surface area contributed by atoms with E-state index >= 15 is 0 Å². The number of aromatic nitrogens is 1. The summed E-state index contributed by atoms with van der Waals surface area (Å²) < 4.78 is 7.20. The van der Waals surface area contributed by atoms with E-state index in [9.17, 15) is 4.79 Å². The highest BCUT2D eigenvalue weighted by molar-refractivity contribution is 14.1. The number of ether oxygens (including phenoxy) is 1. The number of esters is 1. The van der Waals surface area contributed by atoms with Gasteiger partial charge in [0.25, 0.3) is 0 Å². The molecule has 0 saturated carbocycles. The van der Waals surface area contributed by atoms with Crippen molar-refractivity contribution in [2.24, 2.45) is 0 Å². The number of carbonyl (C=O) groups is 1. The molecule has 0 radical (unpaired) electrons. The predicted molar refractivity (Wildman–Crippen MR) is 98.3 cm³/mol. The minimum absolute atomic E-state index is 0.216. The first kappa shape index (κ1) is 15.2. The average Bonchev–Trinajstić information content (AvgIpc) is 2.95. The SMILES string of the molecule is C=CCOC(=O)c1ccc2nc(-c3cccc(I)c3)sc2c1. The summed E-state index contributed by atoms with van der Waals surface area (Å²) in [5.41, 5.74) is 2.51. The summed E-state index contributed by atoms with van der Waals surface area (Å²) in [6.45, 7) is 3.75. The number of hydrogen-bond acceptors (Lipinski definition) is 4. The van der Waals surface area contributed by atoms with Gasteiger partial charge in [0.2, 0.25) is 0 Å². The van der Waals surface area contributed by atoms with Crippen molar-refractivity contribution in [3.8, 4) is 10.6 Å². The molecular weight excluding hydrogens is 409 g/mol. The summed E-state index contributed by atoms with van der Waals surface area (Å²) >= 11 is 3.86. The molecule has 0 fully saturated rings. The van der Waals surface area contributed by atoms with Gasteiger partial charge in [-0.3, -0.25) is 0 Å². The van der Waals surface area contributed by atoms with E-state index in [0.29, 0.717) is 5.56 Å². The number of halogens is 1. The summed E-state index contributed by atoms with van der Waals surface area (Å²) in [7, 11) is 0. The number of thiazole rings is 1. The lowest BCUT2D eigenvalue weighted by Gasteiger charge is -2.00. The molecule has 22 heavy (non-hydrogen) atoms.